The van der Waals surface area contributed by atoms with Crippen LogP contribution in [0.3, 0.4) is 0 Å². The maximum atomic E-state index is 11.8. The molecule has 0 aliphatic rings. The van der Waals surface area contributed by atoms with E-state index in [-0.39, 0.29) is 0 Å². The molecule has 0 unspecified atom stereocenters. The lowest BCUT2D eigenvalue weighted by Gasteiger charge is -2.26. The molecule has 0 aliphatic carbocycles. The van der Waals surface area contributed by atoms with Crippen molar-refractivity contribution >= 4 is 17.6 Å². The van der Waals surface area contributed by atoms with Crippen LogP contribution in [-0.4, -0.2) is 46.5 Å². The van der Waals surface area contributed by atoms with Gasteiger partial charge in [-0.3, -0.25) is 14.4 Å². The highest BCUT2D eigenvalue weighted by Gasteiger charge is 2.29. The number of carboxylic acids is 1. The number of aliphatic carboxylic acids is 1. The minimum Gasteiger partial charge on any atom is -0.496 e. The number of halogens is 1. The van der Waals surface area contributed by atoms with Crippen LogP contribution >= 0.6 is 11.6 Å². The van der Waals surface area contributed by atoms with E-state index in [1.807, 2.05) is 13.2 Å². The van der Waals surface area contributed by atoms with Crippen LogP contribution in [0.5, 0.6) is 5.75 Å². The lowest BCUT2D eigenvalue weighted by atomic mass is 10.0. The number of benzene rings is 1. The molecule has 0 saturated carbocycles. The fourth-order valence-electron chi connectivity index (χ4n) is 2.53. The van der Waals surface area contributed by atoms with Gasteiger partial charge in [0.15, 0.2) is 0 Å². The van der Waals surface area contributed by atoms with Gasteiger partial charge in [-0.25, -0.2) is 0 Å². The number of carboxylic acid groups (broad SMARTS) is 1. The third-order valence-electron chi connectivity index (χ3n) is 3.69. The van der Waals surface area contributed by atoms with Gasteiger partial charge in [0.2, 0.25) is 0 Å². The topological polar surface area (TPSA) is 67.6 Å². The number of carbonyl (C=O) groups is 1. The molecule has 2 rings (SSSR count). The van der Waals surface area contributed by atoms with Crippen molar-refractivity contribution in [3.05, 3.63) is 46.7 Å². The molecule has 0 amide bonds. The highest BCUT2D eigenvalue weighted by atomic mass is 35.5. The van der Waals surface area contributed by atoms with E-state index in [0.717, 1.165) is 5.56 Å². The van der Waals surface area contributed by atoms with Crippen LogP contribution in [0.25, 0.3) is 0 Å². The zero-order chi connectivity index (χ0) is 17.0. The SMILES string of the molecule is COc1cccc(Cl)c1[C@H](C(=O)O)N(C)CCc1cnn(C)c1. The van der Waals surface area contributed by atoms with Crippen LogP contribution < -0.4 is 4.74 Å². The second-order valence-electron chi connectivity index (χ2n) is 5.35. The Morgan fingerprint density at radius 3 is 2.83 bits per heavy atom. The second kappa shape index (κ2) is 7.48. The Labute approximate surface area is 140 Å². The van der Waals surface area contributed by atoms with Gasteiger partial charge in [0.05, 0.1) is 13.3 Å². The molecule has 1 heterocycles. The molecular weight excluding hydrogens is 318 g/mol. The highest BCUT2D eigenvalue weighted by Crippen LogP contribution is 2.35. The standard InChI is InChI=1S/C16H20ClN3O3/c1-19(8-7-11-9-18-20(2)10-11)15(16(21)22)14-12(17)5-4-6-13(14)23-3/h4-6,9-10,15H,7-8H2,1-3H3,(H,21,22)/t15-/m1/s1. The van der Waals surface area contributed by atoms with Crippen LogP contribution in [0.15, 0.2) is 30.6 Å². The molecule has 1 N–H and O–H groups in total. The summed E-state index contributed by atoms with van der Waals surface area (Å²) in [4.78, 5) is 13.6. The zero-order valence-electron chi connectivity index (χ0n) is 13.4. The van der Waals surface area contributed by atoms with E-state index >= 15 is 0 Å². The Hall–Kier alpha value is -2.05. The summed E-state index contributed by atoms with van der Waals surface area (Å²) in [6.45, 7) is 0.553. The van der Waals surface area contributed by atoms with Gasteiger partial charge in [0.25, 0.3) is 0 Å². The van der Waals surface area contributed by atoms with Gasteiger partial charge >= 0.3 is 5.97 Å². The molecule has 0 fully saturated rings. The number of nitrogens with zero attached hydrogens (tertiary/aromatic N) is 3. The first kappa shape index (κ1) is 17.3. The third kappa shape index (κ3) is 4.03. The fraction of sp³-hybridized carbons (Fsp3) is 0.375. The summed E-state index contributed by atoms with van der Waals surface area (Å²) in [5, 5.41) is 14.2. The lowest BCUT2D eigenvalue weighted by Crippen LogP contribution is -2.33. The smallest absolute Gasteiger partial charge is 0.325 e. The third-order valence-corrected chi connectivity index (χ3v) is 4.02. The minimum absolute atomic E-state index is 0.380. The summed E-state index contributed by atoms with van der Waals surface area (Å²) in [6, 6.07) is 4.24. The van der Waals surface area contributed by atoms with Crippen LogP contribution in [0, 0.1) is 0 Å². The molecule has 1 atom stereocenters. The van der Waals surface area contributed by atoms with Crippen molar-refractivity contribution in [2.75, 3.05) is 20.7 Å². The predicted octanol–water partition coefficient (Wildman–Crippen LogP) is 2.38. The Kier molecular flexibility index (Phi) is 5.63. The van der Waals surface area contributed by atoms with E-state index in [1.54, 1.807) is 41.0 Å². The summed E-state index contributed by atoms with van der Waals surface area (Å²) in [5.74, 6) is -0.497. The molecule has 0 bridgehead atoms. The van der Waals surface area contributed by atoms with E-state index in [1.165, 1.54) is 7.11 Å². The molecule has 2 aromatic rings. The van der Waals surface area contributed by atoms with Crippen molar-refractivity contribution in [1.82, 2.24) is 14.7 Å². The number of methoxy groups -OCH3 is 1. The molecule has 0 saturated heterocycles. The highest BCUT2D eigenvalue weighted by molar-refractivity contribution is 6.31. The maximum absolute atomic E-state index is 11.8. The van der Waals surface area contributed by atoms with Crippen molar-refractivity contribution in [2.45, 2.75) is 12.5 Å². The molecule has 0 spiro atoms. The number of likely N-dealkylation sites (N-methyl/N-ethyl adjacent to an activating group) is 1. The van der Waals surface area contributed by atoms with Gasteiger partial charge in [0.1, 0.15) is 11.8 Å². The first-order valence-electron chi connectivity index (χ1n) is 7.17. The summed E-state index contributed by atoms with van der Waals surface area (Å²) in [7, 11) is 5.11. The van der Waals surface area contributed by atoms with E-state index in [4.69, 9.17) is 16.3 Å². The van der Waals surface area contributed by atoms with E-state index in [0.29, 0.717) is 29.3 Å². The van der Waals surface area contributed by atoms with E-state index in [2.05, 4.69) is 5.10 Å². The monoisotopic (exact) mass is 337 g/mol. The number of ether oxygens (including phenoxy) is 1. The number of aryl methyl sites for hydroxylation is 1. The molecular formula is C16H20ClN3O3. The van der Waals surface area contributed by atoms with Crippen LogP contribution in [0.2, 0.25) is 5.02 Å². The van der Waals surface area contributed by atoms with Crippen molar-refractivity contribution in [2.24, 2.45) is 7.05 Å². The van der Waals surface area contributed by atoms with Crippen molar-refractivity contribution in [3.8, 4) is 5.75 Å². The molecule has 23 heavy (non-hydrogen) atoms. The lowest BCUT2D eigenvalue weighted by molar-refractivity contribution is -0.143. The van der Waals surface area contributed by atoms with Gasteiger partial charge in [-0.05, 0) is 31.2 Å². The number of hydrogen-bond acceptors (Lipinski definition) is 4. The van der Waals surface area contributed by atoms with E-state index in [9.17, 15) is 9.90 Å². The molecule has 0 radical (unpaired) electrons. The van der Waals surface area contributed by atoms with Gasteiger partial charge in [-0.15, -0.1) is 0 Å². The first-order valence-corrected chi connectivity index (χ1v) is 7.54. The zero-order valence-corrected chi connectivity index (χ0v) is 14.1. The summed E-state index contributed by atoms with van der Waals surface area (Å²) in [6.07, 6.45) is 4.39. The summed E-state index contributed by atoms with van der Waals surface area (Å²) >= 11 is 6.23. The van der Waals surface area contributed by atoms with Crippen LogP contribution in [-0.2, 0) is 18.3 Å². The second-order valence-corrected chi connectivity index (χ2v) is 5.76. The number of hydrogen-bond donors (Lipinski definition) is 1. The molecule has 1 aromatic carbocycles. The van der Waals surface area contributed by atoms with Gasteiger partial charge in [-0.2, -0.15) is 5.10 Å². The maximum Gasteiger partial charge on any atom is 0.325 e. The normalized spacial score (nSPS) is 12.4. The Bertz CT molecular complexity index is 687. The molecule has 1 aromatic heterocycles. The molecule has 124 valence electrons. The largest absolute Gasteiger partial charge is 0.496 e. The average molecular weight is 338 g/mol. The van der Waals surface area contributed by atoms with Crippen LogP contribution in [0.1, 0.15) is 17.2 Å². The number of rotatable bonds is 7. The fourth-order valence-corrected chi connectivity index (χ4v) is 2.80. The number of aromatic nitrogens is 2. The molecule has 6 nitrogen and oxygen atoms in total. The van der Waals surface area contributed by atoms with Crippen molar-refractivity contribution < 1.29 is 14.6 Å². The van der Waals surface area contributed by atoms with Gasteiger partial charge in [0, 0.05) is 30.4 Å². The van der Waals surface area contributed by atoms with Gasteiger partial charge < -0.3 is 9.84 Å². The Balaban J connectivity index is 2.22. The van der Waals surface area contributed by atoms with E-state index < -0.39 is 12.0 Å². The van der Waals surface area contributed by atoms with Gasteiger partial charge in [-0.1, -0.05) is 17.7 Å². The molecule has 7 heteroatoms. The average Bonchev–Trinajstić information content (AvgIpc) is 2.92. The minimum atomic E-state index is -0.968. The Morgan fingerprint density at radius 2 is 2.26 bits per heavy atom. The Morgan fingerprint density at radius 1 is 1.52 bits per heavy atom. The van der Waals surface area contributed by atoms with Crippen molar-refractivity contribution in [1.29, 1.82) is 0 Å². The summed E-state index contributed by atoms with van der Waals surface area (Å²) in [5.41, 5.74) is 1.52. The van der Waals surface area contributed by atoms with Crippen LogP contribution in [0.4, 0.5) is 0 Å². The van der Waals surface area contributed by atoms with Crippen molar-refractivity contribution in [3.63, 3.8) is 0 Å². The molecule has 0 aliphatic heterocycles. The summed E-state index contributed by atoms with van der Waals surface area (Å²) < 4.78 is 7.01. The quantitative estimate of drug-likeness (QED) is 0.840. The predicted molar refractivity (Wildman–Crippen MR) is 87.9 cm³/mol. The first-order chi connectivity index (χ1) is 10.9.